The average Bonchev–Trinajstić information content (AvgIpc) is 3.37. The standard InChI is InChI=1S/C33H43F3N2O5/c1-27(2)9-11-32(26(41)37-17-33(34,35)36)12-10-30(5)24(20(32)15-27)21(40)13-23-28(3)14-19-16-38-43-25(19)31(6,42-18-39)22(28)7-8-29(23,30)4/h13,16,18,20,22,24H,7-12,14-15,17H2,1-6H3,(H,37,41)/t20-,22+,24-,28-,29+,30+,31-,32-/m0/s1. The first kappa shape index (κ1) is 30.4. The molecule has 7 nitrogen and oxygen atoms in total. The summed E-state index contributed by atoms with van der Waals surface area (Å²) in [6.07, 6.45) is 3.82. The third-order valence-corrected chi connectivity index (χ3v) is 13.2. The van der Waals surface area contributed by atoms with Crippen LogP contribution in [0.2, 0.25) is 0 Å². The number of hydrogen-bond acceptors (Lipinski definition) is 6. The van der Waals surface area contributed by atoms with Crippen molar-refractivity contribution in [2.24, 2.45) is 44.8 Å². The molecule has 1 amide bonds. The lowest BCUT2D eigenvalue weighted by atomic mass is 9.34. The maximum Gasteiger partial charge on any atom is 0.405 e. The Morgan fingerprint density at radius 3 is 2.49 bits per heavy atom. The number of nitrogens with zero attached hydrogens (tertiary/aromatic N) is 1. The minimum absolute atomic E-state index is 0.0404. The van der Waals surface area contributed by atoms with E-state index in [9.17, 15) is 27.6 Å². The number of halogens is 3. The zero-order valence-electron chi connectivity index (χ0n) is 26.0. The molecule has 10 heteroatoms. The SMILES string of the molecule is CC1(C)CC[C@]2(C(=O)NCC(F)(F)F)CC[C@]3(C)[C@H](C(=O)C=C4[C@@]5(C)Cc6cnoc6[C@@](C)(OC=O)[C@@H]5CC[C@]43C)[C@@H]2C1. The molecular formula is C33H43F3N2O5. The molecule has 0 aromatic carbocycles. The molecule has 0 radical (unpaired) electrons. The second-order valence-electron chi connectivity index (χ2n) is 15.8. The number of ketones is 1. The van der Waals surface area contributed by atoms with Crippen LogP contribution in [0.1, 0.15) is 97.8 Å². The predicted octanol–water partition coefficient (Wildman–Crippen LogP) is 6.46. The summed E-state index contributed by atoms with van der Waals surface area (Å²) in [5.74, 6) is -1.06. The lowest BCUT2D eigenvalue weighted by Crippen LogP contribution is -2.67. The van der Waals surface area contributed by atoms with Gasteiger partial charge in [-0.3, -0.25) is 14.4 Å². The Morgan fingerprint density at radius 1 is 1.12 bits per heavy atom. The minimum atomic E-state index is -4.51. The van der Waals surface area contributed by atoms with Crippen LogP contribution in [0.25, 0.3) is 0 Å². The van der Waals surface area contributed by atoms with Gasteiger partial charge in [0.1, 0.15) is 6.54 Å². The molecule has 1 aromatic rings. The molecule has 0 bridgehead atoms. The van der Waals surface area contributed by atoms with Crippen LogP contribution in [0.3, 0.4) is 0 Å². The molecule has 1 N–H and O–H groups in total. The van der Waals surface area contributed by atoms with Crippen LogP contribution in [0.5, 0.6) is 0 Å². The number of carbonyl (C=O) groups is 3. The molecule has 5 aliphatic carbocycles. The third-order valence-electron chi connectivity index (χ3n) is 13.2. The molecule has 1 aromatic heterocycles. The summed E-state index contributed by atoms with van der Waals surface area (Å²) in [6.45, 7) is 11.8. The van der Waals surface area contributed by atoms with Crippen LogP contribution in [0.15, 0.2) is 22.4 Å². The van der Waals surface area contributed by atoms with E-state index in [1.54, 1.807) is 6.20 Å². The second-order valence-corrected chi connectivity index (χ2v) is 15.8. The number of ether oxygens (including phenoxy) is 1. The van der Waals surface area contributed by atoms with Gasteiger partial charge >= 0.3 is 6.18 Å². The fourth-order valence-corrected chi connectivity index (χ4v) is 10.9. The molecule has 1 heterocycles. The number of nitrogens with one attached hydrogen (secondary N) is 1. The van der Waals surface area contributed by atoms with E-state index in [0.717, 1.165) is 30.4 Å². The summed E-state index contributed by atoms with van der Waals surface area (Å²) in [6, 6.07) is 0. The van der Waals surface area contributed by atoms with Gasteiger partial charge in [-0.25, -0.2) is 0 Å². The molecule has 236 valence electrons. The minimum Gasteiger partial charge on any atom is -0.453 e. The summed E-state index contributed by atoms with van der Waals surface area (Å²) in [4.78, 5) is 40.1. The van der Waals surface area contributed by atoms with Crippen molar-refractivity contribution in [1.29, 1.82) is 0 Å². The Balaban J connectivity index is 1.46. The van der Waals surface area contributed by atoms with Gasteiger partial charge in [-0.2, -0.15) is 13.2 Å². The van der Waals surface area contributed by atoms with Crippen molar-refractivity contribution in [3.05, 3.63) is 29.2 Å². The highest BCUT2D eigenvalue weighted by Crippen LogP contribution is 2.74. The first-order chi connectivity index (χ1) is 19.9. The molecule has 0 saturated heterocycles. The summed E-state index contributed by atoms with van der Waals surface area (Å²) in [5.41, 5.74) is -1.76. The summed E-state index contributed by atoms with van der Waals surface area (Å²) < 4.78 is 51.0. The van der Waals surface area contributed by atoms with Gasteiger partial charge in [0.05, 0.1) is 11.6 Å². The molecule has 0 spiro atoms. The van der Waals surface area contributed by atoms with Gasteiger partial charge in [0.15, 0.2) is 17.1 Å². The van der Waals surface area contributed by atoms with Gasteiger partial charge in [-0.1, -0.05) is 45.3 Å². The Labute approximate surface area is 250 Å². The average molecular weight is 605 g/mol. The molecule has 3 saturated carbocycles. The summed E-state index contributed by atoms with van der Waals surface area (Å²) in [5, 5.41) is 6.26. The van der Waals surface area contributed by atoms with E-state index < -0.39 is 51.8 Å². The van der Waals surface area contributed by atoms with E-state index in [1.807, 2.05) is 13.0 Å². The first-order valence-corrected chi connectivity index (χ1v) is 15.5. The molecular weight excluding hydrogens is 561 g/mol. The summed E-state index contributed by atoms with van der Waals surface area (Å²) >= 11 is 0. The van der Waals surface area contributed by atoms with E-state index in [1.165, 1.54) is 0 Å². The topological polar surface area (TPSA) is 98.5 Å². The van der Waals surface area contributed by atoms with E-state index >= 15 is 0 Å². The van der Waals surface area contributed by atoms with Gasteiger partial charge in [0, 0.05) is 22.8 Å². The number of hydrogen-bond donors (Lipinski definition) is 1. The zero-order chi connectivity index (χ0) is 31.4. The van der Waals surface area contributed by atoms with Crippen molar-refractivity contribution >= 4 is 18.2 Å². The smallest absolute Gasteiger partial charge is 0.405 e. The maximum absolute atomic E-state index is 14.6. The van der Waals surface area contributed by atoms with Gasteiger partial charge in [-0.05, 0) is 86.5 Å². The third kappa shape index (κ3) is 4.06. The molecule has 6 rings (SSSR count). The Morgan fingerprint density at radius 2 is 1.81 bits per heavy atom. The number of allylic oxidation sites excluding steroid dienone is 2. The maximum atomic E-state index is 14.6. The molecule has 0 aliphatic heterocycles. The van der Waals surface area contributed by atoms with Crippen molar-refractivity contribution in [3.8, 4) is 0 Å². The Bertz CT molecular complexity index is 1400. The Kier molecular flexibility index (Phi) is 6.49. The van der Waals surface area contributed by atoms with Crippen LogP contribution >= 0.6 is 0 Å². The van der Waals surface area contributed by atoms with E-state index in [0.29, 0.717) is 44.3 Å². The number of amides is 1. The number of rotatable bonds is 4. The molecule has 5 aliphatic rings. The number of aromatic nitrogens is 1. The fraction of sp³-hybridized carbons (Fsp3) is 0.758. The number of fused-ring (bicyclic) bond motifs is 8. The molecule has 8 atom stereocenters. The molecule has 3 fully saturated rings. The lowest BCUT2D eigenvalue weighted by Gasteiger charge is -2.69. The van der Waals surface area contributed by atoms with Crippen molar-refractivity contribution in [2.45, 2.75) is 105 Å². The lowest BCUT2D eigenvalue weighted by molar-refractivity contribution is -0.191. The van der Waals surface area contributed by atoms with Crippen LogP contribution in [-0.2, 0) is 31.1 Å². The molecule has 0 unspecified atom stereocenters. The van der Waals surface area contributed by atoms with Gasteiger partial charge < -0.3 is 14.6 Å². The van der Waals surface area contributed by atoms with Crippen molar-refractivity contribution in [2.75, 3.05) is 6.54 Å². The Hall–Kier alpha value is -2.65. The summed E-state index contributed by atoms with van der Waals surface area (Å²) in [7, 11) is 0. The zero-order valence-corrected chi connectivity index (χ0v) is 26.0. The van der Waals surface area contributed by atoms with Crippen molar-refractivity contribution in [3.63, 3.8) is 0 Å². The highest BCUT2D eigenvalue weighted by molar-refractivity contribution is 5.96. The normalized spacial score (nSPS) is 43.1. The van der Waals surface area contributed by atoms with Crippen LogP contribution < -0.4 is 5.32 Å². The fourth-order valence-electron chi connectivity index (χ4n) is 10.9. The van der Waals surface area contributed by atoms with E-state index in [4.69, 9.17) is 9.26 Å². The number of alkyl halides is 3. The van der Waals surface area contributed by atoms with Crippen LogP contribution in [0.4, 0.5) is 13.2 Å². The largest absolute Gasteiger partial charge is 0.453 e. The second kappa shape index (κ2) is 9.19. The van der Waals surface area contributed by atoms with Crippen LogP contribution in [0, 0.1) is 44.8 Å². The molecule has 43 heavy (non-hydrogen) atoms. The van der Waals surface area contributed by atoms with E-state index in [-0.39, 0.29) is 23.0 Å². The monoisotopic (exact) mass is 604 g/mol. The van der Waals surface area contributed by atoms with Crippen molar-refractivity contribution in [1.82, 2.24) is 10.5 Å². The van der Waals surface area contributed by atoms with Gasteiger partial charge in [0.2, 0.25) is 5.91 Å². The quantitative estimate of drug-likeness (QED) is 0.396. The van der Waals surface area contributed by atoms with Crippen LogP contribution in [-0.4, -0.2) is 36.0 Å². The predicted molar refractivity (Wildman–Crippen MR) is 150 cm³/mol. The number of carbonyl (C=O) groups excluding carboxylic acids is 3. The van der Waals surface area contributed by atoms with Gasteiger partial charge in [0.25, 0.3) is 6.47 Å². The first-order valence-electron chi connectivity index (χ1n) is 15.5. The van der Waals surface area contributed by atoms with Gasteiger partial charge in [-0.15, -0.1) is 0 Å². The van der Waals surface area contributed by atoms with Crippen molar-refractivity contribution < 1.29 is 36.8 Å². The highest BCUT2D eigenvalue weighted by Gasteiger charge is 2.71. The van der Waals surface area contributed by atoms with E-state index in [2.05, 4.69) is 45.1 Å². The highest BCUT2D eigenvalue weighted by atomic mass is 19.4.